The molecule has 0 aliphatic rings. The smallest absolute Gasteiger partial charge is 0.271 e. The Morgan fingerprint density at radius 2 is 1.95 bits per heavy atom. The first kappa shape index (κ1) is 15.3. The van der Waals surface area contributed by atoms with Gasteiger partial charge in [0.25, 0.3) is 5.91 Å². The van der Waals surface area contributed by atoms with Crippen LogP contribution >= 0.6 is 0 Å². The van der Waals surface area contributed by atoms with Gasteiger partial charge < -0.3 is 20.1 Å². The Kier molecular flexibility index (Phi) is 7.45. The Bertz CT molecular complexity index is 370. The highest BCUT2D eigenvalue weighted by Crippen LogP contribution is 2.01. The summed E-state index contributed by atoms with van der Waals surface area (Å²) in [7, 11) is 3.24. The maximum Gasteiger partial charge on any atom is 0.271 e. The summed E-state index contributed by atoms with van der Waals surface area (Å²) in [5.41, 5.74) is 0.290. The zero-order valence-electron chi connectivity index (χ0n) is 11.3. The minimum Gasteiger partial charge on any atom is -0.385 e. The minimum absolute atomic E-state index is 0.254. The molecule has 0 spiro atoms. The lowest BCUT2D eigenvalue weighted by molar-refractivity contribution is 0.0932. The highest BCUT2D eigenvalue weighted by Gasteiger charge is 2.06. The van der Waals surface area contributed by atoms with E-state index in [1.54, 1.807) is 14.2 Å². The van der Waals surface area contributed by atoms with E-state index < -0.39 is 0 Å². The topological polar surface area (TPSA) is 85.4 Å². The molecule has 1 rings (SSSR count). The number of carbonyl (C=O) groups is 1. The predicted molar refractivity (Wildman–Crippen MR) is 71.2 cm³/mol. The van der Waals surface area contributed by atoms with Gasteiger partial charge in [0.2, 0.25) is 0 Å². The first-order chi connectivity index (χ1) is 9.27. The monoisotopic (exact) mass is 268 g/mol. The molecule has 0 saturated carbocycles. The van der Waals surface area contributed by atoms with Crippen molar-refractivity contribution < 1.29 is 14.3 Å². The zero-order chi connectivity index (χ0) is 13.9. The molecule has 0 radical (unpaired) electrons. The van der Waals surface area contributed by atoms with Crippen molar-refractivity contribution >= 4 is 11.7 Å². The molecular weight excluding hydrogens is 248 g/mol. The Morgan fingerprint density at radius 3 is 2.58 bits per heavy atom. The van der Waals surface area contributed by atoms with Crippen molar-refractivity contribution in [1.82, 2.24) is 15.3 Å². The van der Waals surface area contributed by atoms with Crippen LogP contribution in [0.3, 0.4) is 0 Å². The molecular formula is C12H20N4O3. The summed E-state index contributed by atoms with van der Waals surface area (Å²) >= 11 is 0. The molecule has 0 saturated heterocycles. The van der Waals surface area contributed by atoms with Gasteiger partial charge in [-0.15, -0.1) is 0 Å². The van der Waals surface area contributed by atoms with Crippen LogP contribution in [0, 0.1) is 0 Å². The molecule has 1 amide bonds. The molecule has 7 nitrogen and oxygen atoms in total. The van der Waals surface area contributed by atoms with Crippen LogP contribution in [-0.4, -0.2) is 56.4 Å². The van der Waals surface area contributed by atoms with E-state index in [0.717, 1.165) is 13.0 Å². The number of nitrogens with one attached hydrogen (secondary N) is 2. The standard InChI is InChI=1S/C12H20N4O3/c1-18-6-3-4-13-11-9-15-10(8-16-11)12(17)14-5-7-19-2/h8-9H,3-7H2,1-2H3,(H,13,16)(H,14,17). The average molecular weight is 268 g/mol. The van der Waals surface area contributed by atoms with Gasteiger partial charge in [-0.1, -0.05) is 0 Å². The van der Waals surface area contributed by atoms with Gasteiger partial charge in [-0.2, -0.15) is 0 Å². The fourth-order valence-corrected chi connectivity index (χ4v) is 1.33. The van der Waals surface area contributed by atoms with Crippen LogP contribution in [0.5, 0.6) is 0 Å². The van der Waals surface area contributed by atoms with Crippen LogP contribution in [0.4, 0.5) is 5.82 Å². The summed E-state index contributed by atoms with van der Waals surface area (Å²) in [6, 6.07) is 0. The van der Waals surface area contributed by atoms with Gasteiger partial charge in [0.15, 0.2) is 0 Å². The van der Waals surface area contributed by atoms with Crippen molar-refractivity contribution in [3.05, 3.63) is 18.1 Å². The molecule has 0 aliphatic heterocycles. The SMILES string of the molecule is COCCCNc1cnc(C(=O)NCCOC)cn1. The van der Waals surface area contributed by atoms with Gasteiger partial charge in [-0.05, 0) is 6.42 Å². The van der Waals surface area contributed by atoms with E-state index in [-0.39, 0.29) is 5.91 Å². The Labute approximate surface area is 112 Å². The number of methoxy groups -OCH3 is 2. The Morgan fingerprint density at radius 1 is 1.16 bits per heavy atom. The minimum atomic E-state index is -0.254. The van der Waals surface area contributed by atoms with E-state index in [1.807, 2.05) is 0 Å². The van der Waals surface area contributed by atoms with E-state index in [0.29, 0.717) is 31.3 Å². The molecule has 0 aromatic carbocycles. The lowest BCUT2D eigenvalue weighted by Gasteiger charge is -2.06. The quantitative estimate of drug-likeness (QED) is 0.627. The molecule has 0 fully saturated rings. The fraction of sp³-hybridized carbons (Fsp3) is 0.583. The number of ether oxygens (including phenoxy) is 2. The first-order valence-corrected chi connectivity index (χ1v) is 6.10. The van der Waals surface area contributed by atoms with Crippen LogP contribution in [0.15, 0.2) is 12.4 Å². The summed E-state index contributed by atoms with van der Waals surface area (Å²) in [5, 5.41) is 5.77. The fourth-order valence-electron chi connectivity index (χ4n) is 1.33. The van der Waals surface area contributed by atoms with Crippen molar-refractivity contribution in [1.29, 1.82) is 0 Å². The van der Waals surface area contributed by atoms with Crippen LogP contribution in [0.2, 0.25) is 0 Å². The van der Waals surface area contributed by atoms with E-state index >= 15 is 0 Å². The number of carbonyl (C=O) groups excluding carboxylic acids is 1. The molecule has 1 aromatic heterocycles. The molecule has 19 heavy (non-hydrogen) atoms. The number of amides is 1. The zero-order valence-corrected chi connectivity index (χ0v) is 11.3. The number of nitrogens with zero attached hydrogens (tertiary/aromatic N) is 2. The Balaban J connectivity index is 2.36. The third-order valence-corrected chi connectivity index (χ3v) is 2.31. The van der Waals surface area contributed by atoms with E-state index in [1.165, 1.54) is 12.4 Å². The van der Waals surface area contributed by atoms with Crippen molar-refractivity contribution in [2.45, 2.75) is 6.42 Å². The van der Waals surface area contributed by atoms with Crippen molar-refractivity contribution in [2.75, 3.05) is 45.8 Å². The third kappa shape index (κ3) is 6.12. The van der Waals surface area contributed by atoms with Crippen molar-refractivity contribution in [3.8, 4) is 0 Å². The first-order valence-electron chi connectivity index (χ1n) is 6.10. The summed E-state index contributed by atoms with van der Waals surface area (Å²) in [6.07, 6.45) is 3.87. The molecule has 0 atom stereocenters. The lowest BCUT2D eigenvalue weighted by Crippen LogP contribution is -2.27. The second kappa shape index (κ2) is 9.23. The van der Waals surface area contributed by atoms with Gasteiger partial charge in [0.05, 0.1) is 19.0 Å². The molecule has 0 unspecified atom stereocenters. The Hall–Kier alpha value is -1.73. The number of hydrogen-bond donors (Lipinski definition) is 2. The van der Waals surface area contributed by atoms with E-state index in [2.05, 4.69) is 20.6 Å². The molecule has 2 N–H and O–H groups in total. The van der Waals surface area contributed by atoms with Gasteiger partial charge in [0.1, 0.15) is 11.5 Å². The molecule has 0 aliphatic carbocycles. The summed E-state index contributed by atoms with van der Waals surface area (Å²) in [5.74, 6) is 0.389. The van der Waals surface area contributed by atoms with Crippen molar-refractivity contribution in [2.24, 2.45) is 0 Å². The lowest BCUT2D eigenvalue weighted by atomic mass is 10.4. The second-order valence-corrected chi connectivity index (χ2v) is 3.81. The highest BCUT2D eigenvalue weighted by molar-refractivity contribution is 5.91. The predicted octanol–water partition coefficient (Wildman–Crippen LogP) is 0.301. The molecule has 0 bridgehead atoms. The van der Waals surface area contributed by atoms with Crippen molar-refractivity contribution in [3.63, 3.8) is 0 Å². The maximum atomic E-state index is 11.6. The largest absolute Gasteiger partial charge is 0.385 e. The van der Waals surface area contributed by atoms with Crippen LogP contribution in [0.1, 0.15) is 16.9 Å². The molecule has 1 heterocycles. The molecule has 7 heteroatoms. The van der Waals surface area contributed by atoms with Gasteiger partial charge >= 0.3 is 0 Å². The molecule has 1 aromatic rings. The second-order valence-electron chi connectivity index (χ2n) is 3.81. The van der Waals surface area contributed by atoms with Crippen LogP contribution < -0.4 is 10.6 Å². The number of anilines is 1. The summed E-state index contributed by atoms with van der Waals surface area (Å²) in [4.78, 5) is 19.8. The van der Waals surface area contributed by atoms with E-state index in [9.17, 15) is 4.79 Å². The van der Waals surface area contributed by atoms with Gasteiger partial charge in [-0.25, -0.2) is 9.97 Å². The average Bonchev–Trinajstić information content (AvgIpc) is 2.44. The highest BCUT2D eigenvalue weighted by atomic mass is 16.5. The summed E-state index contributed by atoms with van der Waals surface area (Å²) < 4.78 is 9.78. The normalized spacial score (nSPS) is 10.2. The molecule has 106 valence electrons. The van der Waals surface area contributed by atoms with E-state index in [4.69, 9.17) is 9.47 Å². The number of rotatable bonds is 9. The number of aromatic nitrogens is 2. The van der Waals surface area contributed by atoms with Crippen LogP contribution in [0.25, 0.3) is 0 Å². The van der Waals surface area contributed by atoms with Gasteiger partial charge in [0, 0.05) is 33.9 Å². The van der Waals surface area contributed by atoms with Gasteiger partial charge in [-0.3, -0.25) is 4.79 Å². The summed E-state index contributed by atoms with van der Waals surface area (Å²) in [6.45, 7) is 2.37. The van der Waals surface area contributed by atoms with Crippen LogP contribution in [-0.2, 0) is 9.47 Å². The maximum absolute atomic E-state index is 11.6. The number of hydrogen-bond acceptors (Lipinski definition) is 6. The third-order valence-electron chi connectivity index (χ3n) is 2.31.